The molecule has 3 aromatic rings. The molecule has 0 saturated carbocycles. The molecule has 1 aliphatic heterocycles. The third-order valence-corrected chi connectivity index (χ3v) is 7.68. The van der Waals surface area contributed by atoms with Gasteiger partial charge in [0.1, 0.15) is 28.2 Å². The van der Waals surface area contributed by atoms with Gasteiger partial charge in [0.15, 0.2) is 0 Å². The van der Waals surface area contributed by atoms with E-state index in [-0.39, 0.29) is 19.2 Å². The zero-order valence-electron chi connectivity index (χ0n) is 14.4. The molecule has 0 bridgehead atoms. The van der Waals surface area contributed by atoms with Crippen LogP contribution in [0, 0.1) is 11.6 Å². The number of hydrogen-bond acceptors (Lipinski definition) is 5. The van der Waals surface area contributed by atoms with E-state index >= 15 is 0 Å². The topological polar surface area (TPSA) is 59.5 Å². The van der Waals surface area contributed by atoms with Crippen LogP contribution in [0.15, 0.2) is 41.3 Å². The highest BCUT2D eigenvalue weighted by atomic mass is 35.5. The lowest BCUT2D eigenvalue weighted by atomic mass is 10.1. The van der Waals surface area contributed by atoms with Crippen LogP contribution in [0.4, 0.5) is 8.78 Å². The van der Waals surface area contributed by atoms with Gasteiger partial charge in [0.2, 0.25) is 10.0 Å². The maximum atomic E-state index is 13.9. The molecule has 0 spiro atoms. The van der Waals surface area contributed by atoms with Crippen LogP contribution in [0.5, 0.6) is 5.19 Å². The first-order valence-corrected chi connectivity index (χ1v) is 11.1. The number of aromatic nitrogens is 1. The maximum absolute atomic E-state index is 13.9. The molecule has 2 heterocycles. The number of ether oxygens (including phenoxy) is 1. The number of fused-ring (bicyclic) bond motifs is 1. The molecule has 0 amide bonds. The number of nitrogens with zero attached hydrogens (tertiary/aromatic N) is 2. The van der Waals surface area contributed by atoms with Gasteiger partial charge >= 0.3 is 0 Å². The van der Waals surface area contributed by atoms with Gasteiger partial charge in [-0.15, -0.1) is 0 Å². The molecule has 4 rings (SSSR count). The van der Waals surface area contributed by atoms with Gasteiger partial charge < -0.3 is 4.74 Å². The first-order valence-electron chi connectivity index (χ1n) is 8.51. The monoisotopic (exact) mass is 444 g/mol. The quantitative estimate of drug-likeness (QED) is 0.596. The predicted octanol–water partition coefficient (Wildman–Crippen LogP) is 4.46. The third kappa shape index (κ3) is 3.71. The molecule has 1 aromatic heterocycles. The maximum Gasteiger partial charge on any atom is 0.274 e. The zero-order valence-corrected chi connectivity index (χ0v) is 16.8. The smallest absolute Gasteiger partial charge is 0.274 e. The van der Waals surface area contributed by atoms with Crippen molar-refractivity contribution in [3.63, 3.8) is 0 Å². The summed E-state index contributed by atoms with van der Waals surface area (Å²) in [5.74, 6) is -1.91. The molecule has 0 unspecified atom stereocenters. The summed E-state index contributed by atoms with van der Waals surface area (Å²) >= 11 is 7.50. The molecule has 1 fully saturated rings. The number of sulfonamides is 1. The van der Waals surface area contributed by atoms with Crippen molar-refractivity contribution >= 4 is 43.2 Å². The highest BCUT2D eigenvalue weighted by Gasteiger charge is 2.32. The van der Waals surface area contributed by atoms with Crippen molar-refractivity contribution < 1.29 is 21.9 Å². The Morgan fingerprint density at radius 2 is 1.93 bits per heavy atom. The summed E-state index contributed by atoms with van der Waals surface area (Å²) in [5, 5.41) is 1.03. The van der Waals surface area contributed by atoms with E-state index in [1.807, 2.05) is 12.1 Å². The molecule has 0 aliphatic carbocycles. The Morgan fingerprint density at radius 3 is 2.61 bits per heavy atom. The minimum atomic E-state index is -4.03. The van der Waals surface area contributed by atoms with Gasteiger partial charge in [0, 0.05) is 19.2 Å². The third-order valence-electron chi connectivity index (χ3n) is 4.53. The van der Waals surface area contributed by atoms with Crippen LogP contribution in [0.1, 0.15) is 12.8 Å². The Morgan fingerprint density at radius 1 is 1.18 bits per heavy atom. The normalized spacial score (nSPS) is 16.5. The fourth-order valence-electron chi connectivity index (χ4n) is 3.10. The Hall–Kier alpha value is -1.81. The van der Waals surface area contributed by atoms with Gasteiger partial charge in [0.25, 0.3) is 5.19 Å². The first kappa shape index (κ1) is 19.5. The van der Waals surface area contributed by atoms with Crippen LogP contribution in [-0.4, -0.2) is 36.9 Å². The molecule has 0 atom stereocenters. The number of halogens is 3. The Balaban J connectivity index is 1.44. The van der Waals surface area contributed by atoms with Crippen molar-refractivity contribution in [1.29, 1.82) is 0 Å². The SMILES string of the molecule is O=S(=O)(c1ccc(F)cc1F)N1CCC(Oc2nc3c(Cl)cccc3s2)CC1. The molecule has 1 aliphatic rings. The number of rotatable bonds is 4. The van der Waals surface area contributed by atoms with E-state index in [0.717, 1.165) is 16.8 Å². The van der Waals surface area contributed by atoms with Crippen molar-refractivity contribution in [2.45, 2.75) is 23.8 Å². The Labute approximate surface area is 169 Å². The molecular weight excluding hydrogens is 430 g/mol. The van der Waals surface area contributed by atoms with Crippen LogP contribution < -0.4 is 4.74 Å². The van der Waals surface area contributed by atoms with Gasteiger partial charge in [-0.25, -0.2) is 22.2 Å². The second kappa shape index (κ2) is 7.55. The lowest BCUT2D eigenvalue weighted by molar-refractivity contribution is 0.135. The fraction of sp³-hybridized carbons (Fsp3) is 0.278. The van der Waals surface area contributed by atoms with Crippen LogP contribution in [0.2, 0.25) is 5.02 Å². The molecule has 28 heavy (non-hydrogen) atoms. The molecule has 1 saturated heterocycles. The van der Waals surface area contributed by atoms with Crippen LogP contribution in [-0.2, 0) is 10.0 Å². The Kier molecular flexibility index (Phi) is 5.26. The predicted molar refractivity (Wildman–Crippen MR) is 103 cm³/mol. The average molecular weight is 445 g/mol. The van der Waals surface area contributed by atoms with Crippen molar-refractivity contribution in [3.05, 3.63) is 53.1 Å². The summed E-state index contributed by atoms with van der Waals surface area (Å²) in [6, 6.07) is 7.95. The highest BCUT2D eigenvalue weighted by molar-refractivity contribution is 7.89. The fourth-order valence-corrected chi connectivity index (χ4v) is 5.80. The highest BCUT2D eigenvalue weighted by Crippen LogP contribution is 2.33. The van der Waals surface area contributed by atoms with Crippen molar-refractivity contribution in [2.24, 2.45) is 0 Å². The molecule has 2 aromatic carbocycles. The van der Waals surface area contributed by atoms with Crippen LogP contribution in [0.25, 0.3) is 10.2 Å². The molecule has 0 radical (unpaired) electrons. The summed E-state index contributed by atoms with van der Waals surface area (Å²) in [7, 11) is -4.03. The lowest BCUT2D eigenvalue weighted by Gasteiger charge is -2.30. The number of thiazole rings is 1. The molecule has 5 nitrogen and oxygen atoms in total. The van der Waals surface area contributed by atoms with Gasteiger partial charge in [0.05, 0.1) is 9.72 Å². The second-order valence-electron chi connectivity index (χ2n) is 6.36. The molecule has 10 heteroatoms. The van der Waals surface area contributed by atoms with E-state index in [0.29, 0.717) is 34.6 Å². The van der Waals surface area contributed by atoms with Crippen molar-refractivity contribution in [2.75, 3.05) is 13.1 Å². The molecule has 0 N–H and O–H groups in total. The van der Waals surface area contributed by atoms with E-state index in [1.54, 1.807) is 6.07 Å². The molecular formula is C18H15ClF2N2O3S2. The zero-order chi connectivity index (χ0) is 19.9. The summed E-state index contributed by atoms with van der Waals surface area (Å²) in [6.45, 7) is 0.352. The Bertz CT molecular complexity index is 1130. The van der Waals surface area contributed by atoms with Gasteiger partial charge in [-0.05, 0) is 37.1 Å². The molecule has 148 valence electrons. The van der Waals surface area contributed by atoms with Crippen molar-refractivity contribution in [1.82, 2.24) is 9.29 Å². The summed E-state index contributed by atoms with van der Waals surface area (Å²) in [4.78, 5) is 3.87. The largest absolute Gasteiger partial charge is 0.467 e. The van der Waals surface area contributed by atoms with E-state index < -0.39 is 26.6 Å². The van der Waals surface area contributed by atoms with E-state index in [1.165, 1.54) is 15.6 Å². The summed E-state index contributed by atoms with van der Waals surface area (Å²) in [5.41, 5.74) is 0.677. The van der Waals surface area contributed by atoms with Crippen LogP contribution >= 0.6 is 22.9 Å². The first-order chi connectivity index (χ1) is 13.3. The number of para-hydroxylation sites is 1. The minimum Gasteiger partial charge on any atom is -0.467 e. The summed E-state index contributed by atoms with van der Waals surface area (Å²) < 4.78 is 60.3. The van der Waals surface area contributed by atoms with Gasteiger partial charge in [-0.2, -0.15) is 4.31 Å². The van der Waals surface area contributed by atoms with E-state index in [9.17, 15) is 17.2 Å². The lowest BCUT2D eigenvalue weighted by Crippen LogP contribution is -2.42. The van der Waals surface area contributed by atoms with E-state index in [2.05, 4.69) is 4.98 Å². The minimum absolute atomic E-state index is 0.176. The van der Waals surface area contributed by atoms with E-state index in [4.69, 9.17) is 16.3 Å². The number of benzene rings is 2. The number of piperidine rings is 1. The van der Waals surface area contributed by atoms with Gasteiger partial charge in [-0.1, -0.05) is 29.0 Å². The number of hydrogen-bond donors (Lipinski definition) is 0. The van der Waals surface area contributed by atoms with Crippen molar-refractivity contribution in [3.8, 4) is 5.19 Å². The van der Waals surface area contributed by atoms with Gasteiger partial charge in [-0.3, -0.25) is 0 Å². The second-order valence-corrected chi connectivity index (χ2v) is 9.67. The standard InChI is InChI=1S/C18H15ClF2N2O3S2/c19-13-2-1-3-15-17(13)22-18(27-15)26-12-6-8-23(9-7-12)28(24,25)16-5-4-11(20)10-14(16)21/h1-5,10,12H,6-9H2. The van der Waals surface area contributed by atoms with Crippen LogP contribution in [0.3, 0.4) is 0 Å². The summed E-state index contributed by atoms with van der Waals surface area (Å²) in [6.07, 6.45) is 0.668. The average Bonchev–Trinajstić information content (AvgIpc) is 3.06.